The summed E-state index contributed by atoms with van der Waals surface area (Å²) in [5.74, 6) is -0.325. The number of hydrogen-bond acceptors (Lipinski definition) is 3. The van der Waals surface area contributed by atoms with Crippen molar-refractivity contribution in [2.45, 2.75) is 25.4 Å². The Morgan fingerprint density at radius 1 is 1.06 bits per heavy atom. The van der Waals surface area contributed by atoms with E-state index in [1.807, 2.05) is 24.3 Å². The smallest absolute Gasteiger partial charge is 0.209 e. The summed E-state index contributed by atoms with van der Waals surface area (Å²) >= 11 is 0. The molecule has 5 aromatic rings. The number of nitrogens with zero attached hydrogens (tertiary/aromatic N) is 3. The van der Waals surface area contributed by atoms with Crippen molar-refractivity contribution in [1.29, 1.82) is 0 Å². The molecule has 3 aromatic carbocycles. The van der Waals surface area contributed by atoms with Gasteiger partial charge in [-0.25, -0.2) is 13.5 Å². The summed E-state index contributed by atoms with van der Waals surface area (Å²) in [6.45, 7) is 1.81. The average molecular weight is 447 g/mol. The number of rotatable bonds is 6. The molecular weight excluding hydrogens is 424 g/mol. The molecule has 2 heterocycles. The molecule has 0 saturated carbocycles. The molecule has 0 aliphatic carbocycles. The second-order valence-electron chi connectivity index (χ2n) is 8.30. The molecule has 0 amide bonds. The predicted molar refractivity (Wildman–Crippen MR) is 123 cm³/mol. The van der Waals surface area contributed by atoms with E-state index >= 15 is 4.39 Å². The fourth-order valence-corrected chi connectivity index (χ4v) is 4.28. The molecule has 1 N–H and O–H groups in total. The van der Waals surface area contributed by atoms with E-state index in [0.29, 0.717) is 23.4 Å². The zero-order chi connectivity index (χ0) is 23.2. The monoisotopic (exact) mass is 447 g/mol. The Morgan fingerprint density at radius 2 is 1.82 bits per heavy atom. The van der Waals surface area contributed by atoms with E-state index in [-0.39, 0.29) is 5.82 Å². The summed E-state index contributed by atoms with van der Waals surface area (Å²) < 4.78 is 37.6. The fourth-order valence-electron chi connectivity index (χ4n) is 4.28. The molecule has 5 nitrogen and oxygen atoms in total. The highest BCUT2D eigenvalue weighted by Crippen LogP contribution is 2.38. The molecule has 7 heteroatoms. The quantitative estimate of drug-likeness (QED) is 0.366. The first kappa shape index (κ1) is 21.3. The molecule has 2 unspecified atom stereocenters. The van der Waals surface area contributed by atoms with Gasteiger partial charge in [0.15, 0.2) is 0 Å². The molecule has 0 aliphatic rings. The Kier molecular flexibility index (Phi) is 5.23. The van der Waals surface area contributed by atoms with Crippen LogP contribution in [0.1, 0.15) is 24.3 Å². The van der Waals surface area contributed by atoms with Crippen molar-refractivity contribution < 1.29 is 18.6 Å². The zero-order valence-corrected chi connectivity index (χ0v) is 18.2. The third kappa shape index (κ3) is 3.59. The lowest BCUT2D eigenvalue weighted by atomic mass is 9.93. The first-order valence-electron chi connectivity index (χ1n) is 10.6. The van der Waals surface area contributed by atoms with Crippen LogP contribution in [0.15, 0.2) is 79.1 Å². The lowest BCUT2D eigenvalue weighted by molar-refractivity contribution is -0.0586. The van der Waals surface area contributed by atoms with Crippen LogP contribution in [0.3, 0.4) is 0 Å². The Labute approximate surface area is 189 Å². The second-order valence-corrected chi connectivity index (χ2v) is 8.30. The van der Waals surface area contributed by atoms with Gasteiger partial charge in [0, 0.05) is 29.6 Å². The van der Waals surface area contributed by atoms with Crippen LogP contribution in [-0.2, 0) is 16.9 Å². The molecule has 0 aliphatic heterocycles. The lowest BCUT2D eigenvalue weighted by Crippen LogP contribution is -2.31. The highest BCUT2D eigenvalue weighted by Gasteiger charge is 2.36. The van der Waals surface area contributed by atoms with Crippen LogP contribution in [0.4, 0.5) is 8.78 Å². The predicted octanol–water partition coefficient (Wildman–Crippen LogP) is 5.64. The van der Waals surface area contributed by atoms with Gasteiger partial charge in [0.1, 0.15) is 11.4 Å². The highest BCUT2D eigenvalue weighted by atomic mass is 19.1. The number of halogens is 2. The van der Waals surface area contributed by atoms with E-state index in [9.17, 15) is 9.50 Å². The number of fused-ring (bicyclic) bond motifs is 2. The number of para-hydroxylation sites is 1. The summed E-state index contributed by atoms with van der Waals surface area (Å²) in [6.07, 6.45) is 1.60. The molecule has 2 atom stereocenters. The topological polar surface area (TPSA) is 52.2 Å². The normalized spacial score (nSPS) is 14.6. The molecule has 2 aromatic heterocycles. The minimum atomic E-state index is -1.81. The van der Waals surface area contributed by atoms with Gasteiger partial charge in [0.25, 0.3) is 0 Å². The second kappa shape index (κ2) is 8.10. The van der Waals surface area contributed by atoms with Gasteiger partial charge in [-0.15, -0.1) is 0 Å². The molecule has 0 fully saturated rings. The molecule has 0 spiro atoms. The minimum absolute atomic E-state index is 0.325. The lowest BCUT2D eigenvalue weighted by Gasteiger charge is -2.29. The molecule has 0 radical (unpaired) electrons. The third-order valence-electron chi connectivity index (χ3n) is 6.05. The van der Waals surface area contributed by atoms with Crippen LogP contribution in [0.5, 0.6) is 0 Å². The highest BCUT2D eigenvalue weighted by molar-refractivity contribution is 5.84. The van der Waals surface area contributed by atoms with Crippen molar-refractivity contribution >= 4 is 21.8 Å². The van der Waals surface area contributed by atoms with Crippen molar-refractivity contribution in [1.82, 2.24) is 14.3 Å². The van der Waals surface area contributed by atoms with Gasteiger partial charge >= 0.3 is 0 Å². The molecule has 5 rings (SSSR count). The first-order chi connectivity index (χ1) is 15.9. The average Bonchev–Trinajstić information content (AvgIpc) is 3.41. The Bertz CT molecular complexity index is 1440. The number of hydrogen-bond donors (Lipinski definition) is 1. The van der Waals surface area contributed by atoms with Crippen molar-refractivity contribution in [3.05, 3.63) is 96.1 Å². The van der Waals surface area contributed by atoms with E-state index < -0.39 is 11.9 Å². The first-order valence-corrected chi connectivity index (χ1v) is 10.6. The van der Waals surface area contributed by atoms with E-state index in [4.69, 9.17) is 4.74 Å². The van der Waals surface area contributed by atoms with Gasteiger partial charge in [-0.1, -0.05) is 24.3 Å². The van der Waals surface area contributed by atoms with E-state index in [2.05, 4.69) is 5.10 Å². The number of aromatic nitrogens is 3. The van der Waals surface area contributed by atoms with Crippen molar-refractivity contribution in [2.24, 2.45) is 0 Å². The molecule has 33 heavy (non-hydrogen) atoms. The van der Waals surface area contributed by atoms with Crippen LogP contribution in [0, 0.1) is 5.82 Å². The SMILES string of the molecule is COCc1cn(C(F)C(C)(O)c2ccc3c(cnn3-c3ccc(F)cc3)c2)c2ccccc12. The van der Waals surface area contributed by atoms with Gasteiger partial charge in [-0.2, -0.15) is 5.10 Å². The fraction of sp³-hybridized carbons (Fsp3) is 0.192. The third-order valence-corrected chi connectivity index (χ3v) is 6.05. The van der Waals surface area contributed by atoms with Crippen molar-refractivity contribution in [3.8, 4) is 5.69 Å². The van der Waals surface area contributed by atoms with Gasteiger partial charge in [-0.3, -0.25) is 0 Å². The molecule has 0 bridgehead atoms. The zero-order valence-electron chi connectivity index (χ0n) is 18.2. The van der Waals surface area contributed by atoms with Crippen molar-refractivity contribution in [2.75, 3.05) is 7.11 Å². The number of aliphatic hydroxyl groups is 1. The van der Waals surface area contributed by atoms with Crippen LogP contribution < -0.4 is 0 Å². The summed E-state index contributed by atoms with van der Waals surface area (Å²) in [7, 11) is 1.59. The van der Waals surface area contributed by atoms with Crippen LogP contribution >= 0.6 is 0 Å². The Morgan fingerprint density at radius 3 is 2.58 bits per heavy atom. The van der Waals surface area contributed by atoms with Crippen molar-refractivity contribution in [3.63, 3.8) is 0 Å². The summed E-state index contributed by atoms with van der Waals surface area (Å²) in [6, 6.07) is 18.7. The standard InChI is InChI=1S/C26H23F2N3O2/c1-26(32,25(28)30-15-18(16-33-2)22-5-3-4-6-24(22)30)19-7-12-23-17(13-19)14-29-31(23)21-10-8-20(27)9-11-21/h3-15,25,32H,16H2,1-2H3. The maximum atomic E-state index is 15.9. The van der Waals surface area contributed by atoms with Gasteiger partial charge in [0.05, 0.1) is 29.5 Å². The van der Waals surface area contributed by atoms with E-state index in [0.717, 1.165) is 21.9 Å². The largest absolute Gasteiger partial charge is 0.380 e. The Hall–Kier alpha value is -3.55. The van der Waals surface area contributed by atoms with Crippen LogP contribution in [0.25, 0.3) is 27.5 Å². The maximum absolute atomic E-state index is 15.9. The molecule has 168 valence electrons. The van der Waals surface area contributed by atoms with E-state index in [1.165, 1.54) is 23.6 Å². The van der Waals surface area contributed by atoms with Gasteiger partial charge in [-0.05, 0) is 55.0 Å². The summed E-state index contributed by atoms with van der Waals surface area (Å²) in [4.78, 5) is 0. The van der Waals surface area contributed by atoms with Gasteiger partial charge < -0.3 is 14.4 Å². The van der Waals surface area contributed by atoms with Gasteiger partial charge in [0.2, 0.25) is 6.30 Å². The number of benzene rings is 3. The minimum Gasteiger partial charge on any atom is -0.380 e. The Balaban J connectivity index is 1.54. The number of alkyl halides is 1. The number of ether oxygens (including phenoxy) is 1. The number of methoxy groups -OCH3 is 1. The maximum Gasteiger partial charge on any atom is 0.209 e. The van der Waals surface area contributed by atoms with Crippen LogP contribution in [0.2, 0.25) is 0 Å². The van der Waals surface area contributed by atoms with E-state index in [1.54, 1.807) is 54.5 Å². The molecular formula is C26H23F2N3O2. The molecule has 0 saturated heterocycles. The summed E-state index contributed by atoms with van der Waals surface area (Å²) in [5.41, 5.74) is 1.62. The van der Waals surface area contributed by atoms with Crippen LogP contribution in [-0.4, -0.2) is 26.6 Å². The summed E-state index contributed by atoms with van der Waals surface area (Å²) in [5, 5.41) is 17.3.